The van der Waals surface area contributed by atoms with Crippen LogP contribution in [0.3, 0.4) is 0 Å². The molecule has 0 unspecified atom stereocenters. The summed E-state index contributed by atoms with van der Waals surface area (Å²) >= 11 is 0. The van der Waals surface area contributed by atoms with Crippen molar-refractivity contribution in [2.75, 3.05) is 6.54 Å². The molecule has 0 atom stereocenters. The van der Waals surface area contributed by atoms with Gasteiger partial charge in [0.2, 0.25) is 5.91 Å². The Morgan fingerprint density at radius 3 is 2.26 bits per heavy atom. The van der Waals surface area contributed by atoms with Crippen LogP contribution in [0.1, 0.15) is 103 Å². The SMILES string of the molecule is CC1=Cc2cc3[nH]c(cc4nc(cc5c(C)cc(cc1n2)n5C(=O)CCCCCN)C(C)=C4CCC(=O)O)c(CCC(=O)O)c3C. The minimum atomic E-state index is -0.910. The quantitative estimate of drug-likeness (QED) is 0.167. The molecular formula is C36H41N5O5. The average Bonchev–Trinajstić information content (AvgIpc) is 3.67. The normalized spacial score (nSPS) is 12.8. The fourth-order valence-corrected chi connectivity index (χ4v) is 6.21. The number of carboxylic acid groups (broad SMARTS) is 2. The fourth-order valence-electron chi connectivity index (χ4n) is 6.21. The summed E-state index contributed by atoms with van der Waals surface area (Å²) in [6, 6.07) is 9.67. The number of nitrogens with two attached hydrogens (primary N) is 1. The van der Waals surface area contributed by atoms with Crippen LogP contribution in [0.4, 0.5) is 0 Å². The van der Waals surface area contributed by atoms with Crippen molar-refractivity contribution in [3.8, 4) is 0 Å². The number of nitrogens with one attached hydrogen (secondary N) is 1. The van der Waals surface area contributed by atoms with Gasteiger partial charge in [-0.2, -0.15) is 0 Å². The largest absolute Gasteiger partial charge is 0.481 e. The third kappa shape index (κ3) is 6.87. The summed E-state index contributed by atoms with van der Waals surface area (Å²) < 4.78 is 1.75. The number of nitrogens with zero attached hydrogens (tertiary/aromatic N) is 3. The average molecular weight is 624 g/mol. The lowest BCUT2D eigenvalue weighted by molar-refractivity contribution is -0.137. The molecule has 0 aromatic carbocycles. The highest BCUT2D eigenvalue weighted by Gasteiger charge is 2.21. The lowest BCUT2D eigenvalue weighted by atomic mass is 10.0. The molecule has 8 bridgehead atoms. The molecule has 10 nitrogen and oxygen atoms in total. The molecule has 10 heteroatoms. The van der Waals surface area contributed by atoms with E-state index in [-0.39, 0.29) is 25.2 Å². The first-order chi connectivity index (χ1) is 22.0. The number of aryl methyl sites for hydroxylation is 3. The molecule has 0 aliphatic carbocycles. The minimum Gasteiger partial charge on any atom is -0.481 e. The first-order valence-electron chi connectivity index (χ1n) is 15.8. The number of hydrogen-bond donors (Lipinski definition) is 4. The summed E-state index contributed by atoms with van der Waals surface area (Å²) in [5.74, 6) is -1.83. The molecule has 0 saturated carbocycles. The van der Waals surface area contributed by atoms with Crippen LogP contribution < -0.4 is 5.73 Å². The van der Waals surface area contributed by atoms with Crippen LogP contribution in [-0.4, -0.2) is 54.1 Å². The number of carbonyl (C=O) groups excluding carboxylic acids is 1. The second-order valence-corrected chi connectivity index (χ2v) is 12.1. The maximum absolute atomic E-state index is 13.8. The molecule has 2 aliphatic rings. The highest BCUT2D eigenvalue weighted by atomic mass is 16.4. The smallest absolute Gasteiger partial charge is 0.303 e. The van der Waals surface area contributed by atoms with E-state index in [4.69, 9.17) is 15.7 Å². The monoisotopic (exact) mass is 623 g/mol. The maximum Gasteiger partial charge on any atom is 0.303 e. The number of rotatable bonds is 11. The number of aromatic nitrogens is 4. The van der Waals surface area contributed by atoms with Crippen LogP contribution in [0.5, 0.6) is 0 Å². The molecule has 0 saturated heterocycles. The molecule has 5 heterocycles. The summed E-state index contributed by atoms with van der Waals surface area (Å²) in [5, 5.41) is 19.0. The van der Waals surface area contributed by atoms with E-state index >= 15 is 0 Å². The molecule has 2 aliphatic heterocycles. The van der Waals surface area contributed by atoms with Gasteiger partial charge in [-0.25, -0.2) is 9.97 Å². The Morgan fingerprint density at radius 2 is 1.54 bits per heavy atom. The van der Waals surface area contributed by atoms with Gasteiger partial charge in [0, 0.05) is 30.3 Å². The zero-order valence-corrected chi connectivity index (χ0v) is 26.9. The summed E-state index contributed by atoms with van der Waals surface area (Å²) in [5.41, 5.74) is 16.7. The first-order valence-corrected chi connectivity index (χ1v) is 15.8. The molecule has 3 aromatic rings. The van der Waals surface area contributed by atoms with E-state index in [9.17, 15) is 24.6 Å². The molecule has 5 rings (SSSR count). The van der Waals surface area contributed by atoms with Gasteiger partial charge in [0.1, 0.15) is 0 Å². The van der Waals surface area contributed by atoms with Crippen molar-refractivity contribution in [2.24, 2.45) is 5.73 Å². The topological polar surface area (TPSA) is 164 Å². The number of carbonyl (C=O) groups is 3. The number of carboxylic acids is 2. The van der Waals surface area contributed by atoms with Crippen molar-refractivity contribution < 1.29 is 24.6 Å². The Hall–Kier alpha value is -4.83. The highest BCUT2D eigenvalue weighted by Crippen LogP contribution is 2.35. The third-order valence-corrected chi connectivity index (χ3v) is 8.78. The molecule has 5 N–H and O–H groups in total. The van der Waals surface area contributed by atoms with Crippen molar-refractivity contribution in [2.45, 2.75) is 79.1 Å². The summed E-state index contributed by atoms with van der Waals surface area (Å²) in [4.78, 5) is 50.4. The summed E-state index contributed by atoms with van der Waals surface area (Å²) in [7, 11) is 0. The van der Waals surface area contributed by atoms with Crippen LogP contribution in [-0.2, 0) is 16.0 Å². The van der Waals surface area contributed by atoms with Gasteiger partial charge in [-0.3, -0.25) is 19.0 Å². The highest BCUT2D eigenvalue weighted by molar-refractivity contribution is 5.96. The lowest BCUT2D eigenvalue weighted by Gasteiger charge is -2.07. The number of allylic oxidation sites excluding steroid dienone is 3. The molecule has 0 spiro atoms. The van der Waals surface area contributed by atoms with Crippen LogP contribution in [0.2, 0.25) is 0 Å². The van der Waals surface area contributed by atoms with E-state index in [1.807, 2.05) is 64.1 Å². The maximum atomic E-state index is 13.8. The van der Waals surface area contributed by atoms with Crippen LogP contribution in [0.25, 0.3) is 44.9 Å². The van der Waals surface area contributed by atoms with Crippen molar-refractivity contribution in [1.82, 2.24) is 19.5 Å². The second kappa shape index (κ2) is 13.7. The molecule has 0 fully saturated rings. The third-order valence-electron chi connectivity index (χ3n) is 8.78. The molecule has 0 radical (unpaired) electrons. The standard InChI is InChI=1S/C36H41N5O5/c1-20-14-24-16-29-22(3)26(9-11-35(43)44)31(39-29)18-32-27(10-12-36(45)46)23(4)30(40-32)19-33-21(2)15-25(17-28(20)38-24)41(33)34(42)8-6-5-7-13-37/h14-19,39H,5-13,37H2,1-4H3,(H,43,44)(H,45,46). The van der Waals surface area contributed by atoms with Gasteiger partial charge in [0.15, 0.2) is 0 Å². The number of fused-ring (bicyclic) bond motifs is 8. The Kier molecular flexibility index (Phi) is 9.67. The van der Waals surface area contributed by atoms with E-state index in [0.717, 1.165) is 86.1 Å². The molecule has 240 valence electrons. The van der Waals surface area contributed by atoms with E-state index < -0.39 is 11.9 Å². The van der Waals surface area contributed by atoms with Crippen molar-refractivity contribution in [1.29, 1.82) is 0 Å². The van der Waals surface area contributed by atoms with Gasteiger partial charge in [-0.05, 0) is 130 Å². The number of unbranched alkanes of at least 4 members (excludes halogenated alkanes) is 2. The number of hydrogen-bond acceptors (Lipinski definition) is 6. The Labute approximate surface area is 267 Å². The van der Waals surface area contributed by atoms with Crippen molar-refractivity contribution >= 4 is 62.7 Å². The summed E-state index contributed by atoms with van der Waals surface area (Å²) in [6.45, 7) is 8.43. The van der Waals surface area contributed by atoms with E-state index in [2.05, 4.69) is 4.98 Å². The molecule has 46 heavy (non-hydrogen) atoms. The first kappa shape index (κ1) is 32.6. The predicted octanol–water partition coefficient (Wildman–Crippen LogP) is 6.94. The van der Waals surface area contributed by atoms with Gasteiger partial charge in [-0.1, -0.05) is 6.42 Å². The van der Waals surface area contributed by atoms with Gasteiger partial charge < -0.3 is 20.9 Å². The second-order valence-electron chi connectivity index (χ2n) is 12.1. The zero-order chi connectivity index (χ0) is 33.1. The minimum absolute atomic E-state index is 0.0296. The van der Waals surface area contributed by atoms with Gasteiger partial charge >= 0.3 is 11.9 Å². The lowest BCUT2D eigenvalue weighted by Crippen LogP contribution is -2.10. The number of H-pyrrole nitrogens is 1. The van der Waals surface area contributed by atoms with Gasteiger partial charge in [-0.15, -0.1) is 0 Å². The van der Waals surface area contributed by atoms with Crippen LogP contribution >= 0.6 is 0 Å². The van der Waals surface area contributed by atoms with E-state index in [1.165, 1.54) is 0 Å². The Morgan fingerprint density at radius 1 is 0.804 bits per heavy atom. The van der Waals surface area contributed by atoms with Crippen molar-refractivity contribution in [3.05, 3.63) is 69.8 Å². The fraction of sp³-hybridized carbons (Fsp3) is 0.361. The molecule has 0 amide bonds. The van der Waals surface area contributed by atoms with Gasteiger partial charge in [0.05, 0.1) is 33.8 Å². The van der Waals surface area contributed by atoms with E-state index in [0.29, 0.717) is 30.8 Å². The van der Waals surface area contributed by atoms with Crippen molar-refractivity contribution in [3.63, 3.8) is 0 Å². The van der Waals surface area contributed by atoms with Crippen LogP contribution in [0.15, 0.2) is 30.3 Å². The Bertz CT molecular complexity index is 1960. The van der Waals surface area contributed by atoms with Gasteiger partial charge in [0.25, 0.3) is 0 Å². The predicted molar refractivity (Wildman–Crippen MR) is 181 cm³/mol. The zero-order valence-electron chi connectivity index (χ0n) is 26.9. The van der Waals surface area contributed by atoms with Crippen LogP contribution in [0, 0.1) is 13.8 Å². The number of aliphatic carboxylic acids is 2. The number of aromatic amines is 1. The molecular weight excluding hydrogens is 582 g/mol. The summed E-state index contributed by atoms with van der Waals surface area (Å²) in [6.07, 6.45) is 5.29. The Balaban J connectivity index is 1.86. The molecule has 3 aromatic heterocycles. The van der Waals surface area contributed by atoms with E-state index in [1.54, 1.807) is 4.57 Å².